The van der Waals surface area contributed by atoms with Crippen molar-refractivity contribution in [2.75, 3.05) is 10.6 Å². The molecule has 0 saturated carbocycles. The highest BCUT2D eigenvalue weighted by molar-refractivity contribution is 6.31. The van der Waals surface area contributed by atoms with Crippen molar-refractivity contribution >= 4 is 23.5 Å². The molecule has 0 aliphatic rings. The molecule has 120 valence electrons. The molecule has 2 aromatic heterocycles. The van der Waals surface area contributed by atoms with Crippen molar-refractivity contribution in [3.8, 4) is 5.95 Å². The van der Waals surface area contributed by atoms with E-state index in [0.717, 1.165) is 11.4 Å². The van der Waals surface area contributed by atoms with Gasteiger partial charge in [-0.15, -0.1) is 0 Å². The summed E-state index contributed by atoms with van der Waals surface area (Å²) in [5.41, 5.74) is 1.55. The maximum Gasteiger partial charge on any atom is 0.257 e. The summed E-state index contributed by atoms with van der Waals surface area (Å²) in [6, 6.07) is 0.428. The number of aromatic nitrogens is 5. The Labute approximate surface area is 135 Å². The van der Waals surface area contributed by atoms with Crippen LogP contribution >= 0.6 is 11.6 Å². The standard InChI is InChI=1S/C14H22ClN7/c1-7(2)16-12-18-13(17-8(3)4)20-14(19-12)22-10(6)11(15)9(5)21-22/h7-8H,1-6H3,(H2,16,17,18,19,20). The van der Waals surface area contributed by atoms with Gasteiger partial charge in [0.05, 0.1) is 16.4 Å². The molecule has 22 heavy (non-hydrogen) atoms. The van der Waals surface area contributed by atoms with E-state index in [-0.39, 0.29) is 12.1 Å². The van der Waals surface area contributed by atoms with E-state index in [1.165, 1.54) is 0 Å². The number of halogens is 1. The molecule has 2 heterocycles. The third-order valence-corrected chi connectivity index (χ3v) is 3.40. The fraction of sp³-hybridized carbons (Fsp3) is 0.571. The molecule has 0 aliphatic carbocycles. The third-order valence-electron chi connectivity index (χ3n) is 2.85. The Hall–Kier alpha value is -1.89. The molecule has 8 heteroatoms. The largest absolute Gasteiger partial charge is 0.352 e. The van der Waals surface area contributed by atoms with E-state index in [4.69, 9.17) is 11.6 Å². The molecular formula is C14H22ClN7. The van der Waals surface area contributed by atoms with E-state index in [1.807, 2.05) is 41.5 Å². The van der Waals surface area contributed by atoms with Crippen molar-refractivity contribution in [1.82, 2.24) is 24.7 Å². The molecule has 7 nitrogen and oxygen atoms in total. The molecule has 2 rings (SSSR count). The van der Waals surface area contributed by atoms with Gasteiger partial charge in [0, 0.05) is 12.1 Å². The van der Waals surface area contributed by atoms with E-state index in [0.29, 0.717) is 22.9 Å². The summed E-state index contributed by atoms with van der Waals surface area (Å²) in [7, 11) is 0. The van der Waals surface area contributed by atoms with Crippen LogP contribution in [0.1, 0.15) is 39.1 Å². The lowest BCUT2D eigenvalue weighted by atomic mass is 10.4. The first-order valence-electron chi connectivity index (χ1n) is 7.29. The van der Waals surface area contributed by atoms with Crippen LogP contribution < -0.4 is 10.6 Å². The molecule has 0 amide bonds. The predicted octanol–water partition coefficient (Wildman–Crippen LogP) is 2.97. The Balaban J connectivity index is 2.51. The molecule has 0 aliphatic heterocycles. The number of nitrogens with one attached hydrogen (secondary N) is 2. The van der Waals surface area contributed by atoms with E-state index >= 15 is 0 Å². The fourth-order valence-corrected chi connectivity index (χ4v) is 2.04. The minimum Gasteiger partial charge on any atom is -0.352 e. The summed E-state index contributed by atoms with van der Waals surface area (Å²) in [5.74, 6) is 1.45. The first-order valence-corrected chi connectivity index (χ1v) is 7.67. The lowest BCUT2D eigenvalue weighted by Crippen LogP contribution is -2.19. The van der Waals surface area contributed by atoms with Crippen LogP contribution in [0.15, 0.2) is 0 Å². The van der Waals surface area contributed by atoms with Gasteiger partial charge in [-0.05, 0) is 41.5 Å². The summed E-state index contributed by atoms with van der Waals surface area (Å²) in [6.07, 6.45) is 0. The van der Waals surface area contributed by atoms with Gasteiger partial charge < -0.3 is 10.6 Å². The summed E-state index contributed by atoms with van der Waals surface area (Å²) in [4.78, 5) is 13.2. The number of aryl methyl sites for hydroxylation is 1. The van der Waals surface area contributed by atoms with E-state index in [1.54, 1.807) is 4.68 Å². The lowest BCUT2D eigenvalue weighted by Gasteiger charge is -2.13. The van der Waals surface area contributed by atoms with Gasteiger partial charge in [-0.2, -0.15) is 20.1 Å². The lowest BCUT2D eigenvalue weighted by molar-refractivity contribution is 0.754. The molecule has 0 atom stereocenters. The van der Waals surface area contributed by atoms with Crippen LogP contribution in [0.4, 0.5) is 11.9 Å². The molecule has 0 radical (unpaired) electrons. The van der Waals surface area contributed by atoms with Crippen molar-refractivity contribution in [3.05, 3.63) is 16.4 Å². The zero-order valence-corrected chi connectivity index (χ0v) is 14.5. The molecular weight excluding hydrogens is 302 g/mol. The van der Waals surface area contributed by atoms with Gasteiger partial charge in [-0.3, -0.25) is 0 Å². The molecule has 0 aromatic carbocycles. The van der Waals surface area contributed by atoms with Crippen LogP contribution in [-0.4, -0.2) is 36.8 Å². The number of nitrogens with zero attached hydrogens (tertiary/aromatic N) is 5. The summed E-state index contributed by atoms with van der Waals surface area (Å²) >= 11 is 6.21. The molecule has 2 N–H and O–H groups in total. The van der Waals surface area contributed by atoms with E-state index in [9.17, 15) is 0 Å². The highest BCUT2D eigenvalue weighted by Crippen LogP contribution is 2.21. The number of anilines is 2. The fourth-order valence-electron chi connectivity index (χ4n) is 1.92. The molecule has 0 saturated heterocycles. The Morgan fingerprint density at radius 3 is 1.77 bits per heavy atom. The number of rotatable bonds is 5. The predicted molar refractivity (Wildman–Crippen MR) is 89.0 cm³/mol. The van der Waals surface area contributed by atoms with E-state index in [2.05, 4.69) is 30.7 Å². The van der Waals surface area contributed by atoms with Crippen LogP contribution in [0, 0.1) is 13.8 Å². The zero-order valence-electron chi connectivity index (χ0n) is 13.8. The average molecular weight is 324 g/mol. The highest BCUT2D eigenvalue weighted by Gasteiger charge is 2.16. The smallest absolute Gasteiger partial charge is 0.257 e. The van der Waals surface area contributed by atoms with Crippen molar-refractivity contribution < 1.29 is 0 Å². The molecule has 0 spiro atoms. The highest BCUT2D eigenvalue weighted by atomic mass is 35.5. The number of hydrogen-bond acceptors (Lipinski definition) is 6. The van der Waals surface area contributed by atoms with Crippen molar-refractivity contribution in [1.29, 1.82) is 0 Å². The van der Waals surface area contributed by atoms with Crippen LogP contribution in [0.5, 0.6) is 0 Å². The normalized spacial score (nSPS) is 11.3. The van der Waals surface area contributed by atoms with Crippen molar-refractivity contribution in [3.63, 3.8) is 0 Å². The molecule has 0 unspecified atom stereocenters. The monoisotopic (exact) mass is 323 g/mol. The van der Waals surface area contributed by atoms with Crippen molar-refractivity contribution in [2.45, 2.75) is 53.6 Å². The zero-order chi connectivity index (χ0) is 16.4. The minimum atomic E-state index is 0.214. The molecule has 2 aromatic rings. The summed E-state index contributed by atoms with van der Waals surface area (Å²) in [6.45, 7) is 11.8. The van der Waals surface area contributed by atoms with Gasteiger partial charge in [-0.1, -0.05) is 11.6 Å². The number of hydrogen-bond donors (Lipinski definition) is 2. The Morgan fingerprint density at radius 2 is 1.41 bits per heavy atom. The van der Waals surface area contributed by atoms with E-state index < -0.39 is 0 Å². The van der Waals surface area contributed by atoms with Gasteiger partial charge in [0.25, 0.3) is 5.95 Å². The SMILES string of the molecule is Cc1nn(-c2nc(NC(C)C)nc(NC(C)C)n2)c(C)c1Cl. The first-order chi connectivity index (χ1) is 10.3. The maximum absolute atomic E-state index is 6.21. The topological polar surface area (TPSA) is 80.5 Å². The van der Waals surface area contributed by atoms with Crippen LogP contribution in [0.25, 0.3) is 5.95 Å². The van der Waals surface area contributed by atoms with Crippen LogP contribution in [0.3, 0.4) is 0 Å². The summed E-state index contributed by atoms with van der Waals surface area (Å²) in [5, 5.41) is 11.4. The Morgan fingerprint density at radius 1 is 0.909 bits per heavy atom. The van der Waals surface area contributed by atoms with Crippen molar-refractivity contribution in [2.24, 2.45) is 0 Å². The maximum atomic E-state index is 6.21. The molecule has 0 fully saturated rings. The van der Waals surface area contributed by atoms with Gasteiger partial charge in [0.2, 0.25) is 11.9 Å². The van der Waals surface area contributed by atoms with Crippen LogP contribution in [0.2, 0.25) is 5.02 Å². The summed E-state index contributed by atoms with van der Waals surface area (Å²) < 4.78 is 1.64. The molecule has 0 bridgehead atoms. The second-order valence-corrected chi connectivity index (χ2v) is 6.16. The second kappa shape index (κ2) is 6.48. The Kier molecular flexibility index (Phi) is 4.85. The quantitative estimate of drug-likeness (QED) is 0.880. The third kappa shape index (κ3) is 3.65. The second-order valence-electron chi connectivity index (χ2n) is 5.78. The Bertz CT molecular complexity index is 635. The first kappa shape index (κ1) is 16.5. The van der Waals surface area contributed by atoms with Gasteiger partial charge in [0.1, 0.15) is 0 Å². The van der Waals surface area contributed by atoms with Gasteiger partial charge >= 0.3 is 0 Å². The average Bonchev–Trinajstić information content (AvgIpc) is 2.64. The van der Waals surface area contributed by atoms with Gasteiger partial charge in [-0.25, -0.2) is 4.68 Å². The van der Waals surface area contributed by atoms with Crippen LogP contribution in [-0.2, 0) is 0 Å². The van der Waals surface area contributed by atoms with Gasteiger partial charge in [0.15, 0.2) is 0 Å². The minimum absolute atomic E-state index is 0.214.